The second-order valence-corrected chi connectivity index (χ2v) is 3.76. The maximum atomic E-state index is 10.4. The van der Waals surface area contributed by atoms with Crippen LogP contribution in [0, 0.1) is 13.8 Å². The van der Waals surface area contributed by atoms with Crippen LogP contribution in [0.5, 0.6) is 0 Å². The van der Waals surface area contributed by atoms with Gasteiger partial charge in [0, 0.05) is 12.4 Å². The molecule has 2 rings (SSSR count). The van der Waals surface area contributed by atoms with Gasteiger partial charge in [-0.05, 0) is 26.0 Å². The van der Waals surface area contributed by atoms with E-state index in [0.29, 0.717) is 5.56 Å². The van der Waals surface area contributed by atoms with E-state index < -0.39 is 5.91 Å². The summed E-state index contributed by atoms with van der Waals surface area (Å²) < 4.78 is 0. The first-order valence-electron chi connectivity index (χ1n) is 5.32. The summed E-state index contributed by atoms with van der Waals surface area (Å²) in [4.78, 5) is 14.1. The molecule has 0 saturated carbocycles. The van der Waals surface area contributed by atoms with Gasteiger partial charge in [0.25, 0.3) is 0 Å². The molecule has 17 heavy (non-hydrogen) atoms. The van der Waals surface area contributed by atoms with Crippen LogP contribution < -0.4 is 5.73 Å². The third kappa shape index (κ3) is 4.93. The van der Waals surface area contributed by atoms with Crippen molar-refractivity contribution in [3.8, 4) is 0 Å². The van der Waals surface area contributed by atoms with Crippen molar-refractivity contribution in [1.29, 1.82) is 0 Å². The Hall–Kier alpha value is -2.16. The summed E-state index contributed by atoms with van der Waals surface area (Å²) in [7, 11) is 0. The number of nitrogens with zero attached hydrogens (tertiary/aromatic N) is 1. The summed E-state index contributed by atoms with van der Waals surface area (Å²) in [5.41, 5.74) is 8.04. The second-order valence-electron chi connectivity index (χ2n) is 3.76. The van der Waals surface area contributed by atoms with Crippen molar-refractivity contribution >= 4 is 5.91 Å². The Bertz CT molecular complexity index is 442. The lowest BCUT2D eigenvalue weighted by Gasteiger charge is -1.90. The van der Waals surface area contributed by atoms with Crippen molar-refractivity contribution in [2.75, 3.05) is 0 Å². The predicted molar refractivity (Wildman–Crippen MR) is 68.7 cm³/mol. The average Bonchev–Trinajstić information content (AvgIpc) is 2.35. The maximum absolute atomic E-state index is 10.4. The smallest absolute Gasteiger partial charge is 0.250 e. The first-order valence-corrected chi connectivity index (χ1v) is 5.32. The molecule has 0 saturated heterocycles. The summed E-state index contributed by atoms with van der Waals surface area (Å²) in [5, 5.41) is 0. The molecule has 3 nitrogen and oxygen atoms in total. The third-order valence-corrected chi connectivity index (χ3v) is 2.16. The van der Waals surface area contributed by atoms with Gasteiger partial charge in [0.15, 0.2) is 0 Å². The van der Waals surface area contributed by atoms with Gasteiger partial charge in [0.2, 0.25) is 5.91 Å². The fourth-order valence-corrected chi connectivity index (χ4v) is 1.15. The first kappa shape index (κ1) is 12.9. The van der Waals surface area contributed by atoms with Crippen molar-refractivity contribution in [2.24, 2.45) is 5.73 Å². The zero-order valence-corrected chi connectivity index (χ0v) is 10.1. The van der Waals surface area contributed by atoms with Crippen LogP contribution in [0.15, 0.2) is 48.8 Å². The predicted octanol–water partition coefficient (Wildman–Crippen LogP) is 2.48. The lowest BCUT2D eigenvalue weighted by molar-refractivity contribution is 0.1000. The summed E-state index contributed by atoms with van der Waals surface area (Å²) in [5.74, 6) is -0.442. The number of carbonyl (C=O) groups is 1. The molecule has 1 heterocycles. The third-order valence-electron chi connectivity index (χ3n) is 2.16. The van der Waals surface area contributed by atoms with E-state index in [1.165, 1.54) is 17.3 Å². The number of pyridine rings is 1. The minimum absolute atomic E-state index is 0.442. The maximum Gasteiger partial charge on any atom is 0.250 e. The molecule has 0 radical (unpaired) electrons. The van der Waals surface area contributed by atoms with E-state index in [1.807, 2.05) is 0 Å². The van der Waals surface area contributed by atoms with Gasteiger partial charge in [0.05, 0.1) is 5.56 Å². The van der Waals surface area contributed by atoms with Crippen LogP contribution in [-0.4, -0.2) is 10.9 Å². The summed E-state index contributed by atoms with van der Waals surface area (Å²) >= 11 is 0. The zero-order chi connectivity index (χ0) is 12.7. The number of aromatic nitrogens is 1. The van der Waals surface area contributed by atoms with Gasteiger partial charge in [-0.15, -0.1) is 0 Å². The average molecular weight is 228 g/mol. The number of benzene rings is 1. The molecule has 0 bridgehead atoms. The zero-order valence-electron chi connectivity index (χ0n) is 10.1. The van der Waals surface area contributed by atoms with Crippen LogP contribution in [0.25, 0.3) is 0 Å². The number of nitrogens with two attached hydrogens (primary N) is 1. The molecule has 0 fully saturated rings. The number of hydrogen-bond donors (Lipinski definition) is 1. The molecule has 1 aromatic heterocycles. The molecule has 3 heteroatoms. The van der Waals surface area contributed by atoms with Crippen molar-refractivity contribution in [3.63, 3.8) is 0 Å². The Morgan fingerprint density at radius 1 is 1.06 bits per heavy atom. The second kappa shape index (κ2) is 6.43. The molecule has 0 spiro atoms. The standard InChI is InChI=1S/C8H10.C6H6N2O/c1-7-3-5-8(2)6-4-7;7-6(9)5-2-1-3-8-4-5/h3-6H,1-2H3;1-4H,(H2,7,9). The van der Waals surface area contributed by atoms with Gasteiger partial charge < -0.3 is 5.73 Å². The van der Waals surface area contributed by atoms with E-state index >= 15 is 0 Å². The number of rotatable bonds is 1. The van der Waals surface area contributed by atoms with Crippen molar-refractivity contribution in [3.05, 3.63) is 65.5 Å². The Morgan fingerprint density at radius 3 is 1.88 bits per heavy atom. The van der Waals surface area contributed by atoms with Crippen LogP contribution in [0.3, 0.4) is 0 Å². The van der Waals surface area contributed by atoms with Gasteiger partial charge in [-0.2, -0.15) is 0 Å². The fraction of sp³-hybridized carbons (Fsp3) is 0.143. The normalized spacial score (nSPS) is 9.06. The van der Waals surface area contributed by atoms with Gasteiger partial charge in [-0.3, -0.25) is 9.78 Å². The first-order chi connectivity index (χ1) is 8.09. The van der Waals surface area contributed by atoms with E-state index in [4.69, 9.17) is 5.73 Å². The van der Waals surface area contributed by atoms with Crippen molar-refractivity contribution in [1.82, 2.24) is 4.98 Å². The molecule has 88 valence electrons. The number of hydrogen-bond acceptors (Lipinski definition) is 2. The van der Waals surface area contributed by atoms with Crippen molar-refractivity contribution < 1.29 is 4.79 Å². The largest absolute Gasteiger partial charge is 0.366 e. The lowest BCUT2D eigenvalue weighted by Crippen LogP contribution is -2.10. The molecule has 0 aliphatic rings. The van der Waals surface area contributed by atoms with Crippen LogP contribution in [0.2, 0.25) is 0 Å². The highest BCUT2D eigenvalue weighted by Gasteiger charge is 1.94. The number of carbonyl (C=O) groups excluding carboxylic acids is 1. The summed E-state index contributed by atoms with van der Waals surface area (Å²) in [6.07, 6.45) is 3.02. The molecule has 2 aromatic rings. The van der Waals surface area contributed by atoms with E-state index in [0.717, 1.165) is 0 Å². The highest BCUT2D eigenvalue weighted by atomic mass is 16.1. The van der Waals surface area contributed by atoms with E-state index in [9.17, 15) is 4.79 Å². The Morgan fingerprint density at radius 2 is 1.59 bits per heavy atom. The van der Waals surface area contributed by atoms with E-state index in [1.54, 1.807) is 18.3 Å². The molecule has 2 N–H and O–H groups in total. The minimum atomic E-state index is -0.442. The molecule has 1 aromatic carbocycles. The number of primary amides is 1. The molecule has 0 aliphatic heterocycles. The van der Waals surface area contributed by atoms with Gasteiger partial charge in [0.1, 0.15) is 0 Å². The van der Waals surface area contributed by atoms with Crippen LogP contribution in [0.4, 0.5) is 0 Å². The van der Waals surface area contributed by atoms with Crippen LogP contribution in [-0.2, 0) is 0 Å². The molecular weight excluding hydrogens is 212 g/mol. The summed E-state index contributed by atoms with van der Waals surface area (Å²) in [6.45, 7) is 4.19. The Balaban J connectivity index is 0.000000171. The molecule has 1 amide bonds. The van der Waals surface area contributed by atoms with Crippen LogP contribution in [0.1, 0.15) is 21.5 Å². The van der Waals surface area contributed by atoms with Gasteiger partial charge >= 0.3 is 0 Å². The van der Waals surface area contributed by atoms with Crippen molar-refractivity contribution in [2.45, 2.75) is 13.8 Å². The molecule has 0 unspecified atom stereocenters. The topological polar surface area (TPSA) is 56.0 Å². The minimum Gasteiger partial charge on any atom is -0.366 e. The molecule has 0 atom stereocenters. The lowest BCUT2D eigenvalue weighted by atomic mass is 10.2. The quantitative estimate of drug-likeness (QED) is 0.815. The number of amides is 1. The monoisotopic (exact) mass is 228 g/mol. The fourth-order valence-electron chi connectivity index (χ4n) is 1.15. The number of aryl methyl sites for hydroxylation is 2. The van der Waals surface area contributed by atoms with Crippen LogP contribution >= 0.6 is 0 Å². The Labute approximate surface area is 101 Å². The SMILES string of the molecule is Cc1ccc(C)cc1.NC(=O)c1cccnc1. The van der Waals surface area contributed by atoms with E-state index in [-0.39, 0.29) is 0 Å². The summed E-state index contributed by atoms with van der Waals surface area (Å²) in [6, 6.07) is 11.8. The highest BCUT2D eigenvalue weighted by Crippen LogP contribution is 1.99. The molecular formula is C14H16N2O. The highest BCUT2D eigenvalue weighted by molar-refractivity contribution is 5.92. The van der Waals surface area contributed by atoms with Gasteiger partial charge in [-0.1, -0.05) is 35.4 Å². The Kier molecular flexibility index (Phi) is 4.88. The molecule has 0 aliphatic carbocycles. The van der Waals surface area contributed by atoms with E-state index in [2.05, 4.69) is 43.1 Å². The van der Waals surface area contributed by atoms with Gasteiger partial charge in [-0.25, -0.2) is 0 Å².